The third-order valence-corrected chi connectivity index (χ3v) is 2.43. The molecule has 7 heteroatoms. The van der Waals surface area contributed by atoms with Crippen molar-refractivity contribution in [2.75, 3.05) is 0 Å². The molecular weight excluding hydrogens is 240 g/mol. The predicted octanol–water partition coefficient (Wildman–Crippen LogP) is 1.94. The highest BCUT2D eigenvalue weighted by atomic mass is 19.1. The van der Waals surface area contributed by atoms with Crippen LogP contribution >= 0.6 is 0 Å². The molecule has 0 spiro atoms. The number of H-pyrrole nitrogens is 1. The zero-order chi connectivity index (χ0) is 12.5. The SMILES string of the molecule is Fc1ccc(-n2cc(-c3ccn[nH]3)nn2)c(F)c1. The smallest absolute Gasteiger partial charge is 0.151 e. The lowest BCUT2D eigenvalue weighted by atomic mass is 10.3. The highest BCUT2D eigenvalue weighted by Crippen LogP contribution is 2.17. The van der Waals surface area contributed by atoms with Gasteiger partial charge in [-0.3, -0.25) is 5.10 Å². The van der Waals surface area contributed by atoms with Crippen LogP contribution in [0.5, 0.6) is 0 Å². The molecule has 18 heavy (non-hydrogen) atoms. The Morgan fingerprint density at radius 1 is 1.17 bits per heavy atom. The van der Waals surface area contributed by atoms with E-state index in [-0.39, 0.29) is 5.69 Å². The van der Waals surface area contributed by atoms with Crippen molar-refractivity contribution in [1.82, 2.24) is 25.2 Å². The van der Waals surface area contributed by atoms with Crippen LogP contribution in [0.25, 0.3) is 17.1 Å². The number of benzene rings is 1. The van der Waals surface area contributed by atoms with Gasteiger partial charge < -0.3 is 0 Å². The summed E-state index contributed by atoms with van der Waals surface area (Å²) in [5.74, 6) is -1.33. The fraction of sp³-hybridized carbons (Fsp3) is 0. The molecule has 2 aromatic heterocycles. The highest BCUT2D eigenvalue weighted by molar-refractivity contribution is 5.52. The van der Waals surface area contributed by atoms with Gasteiger partial charge >= 0.3 is 0 Å². The first kappa shape index (κ1) is 10.6. The molecule has 0 atom stereocenters. The average molecular weight is 247 g/mol. The van der Waals surface area contributed by atoms with Crippen molar-refractivity contribution < 1.29 is 8.78 Å². The fourth-order valence-corrected chi connectivity index (χ4v) is 1.57. The molecule has 0 aliphatic rings. The van der Waals surface area contributed by atoms with Crippen molar-refractivity contribution in [3.63, 3.8) is 0 Å². The third-order valence-electron chi connectivity index (χ3n) is 2.43. The Balaban J connectivity index is 2.03. The van der Waals surface area contributed by atoms with E-state index in [4.69, 9.17) is 0 Å². The topological polar surface area (TPSA) is 59.4 Å². The van der Waals surface area contributed by atoms with Crippen LogP contribution in [0.4, 0.5) is 8.78 Å². The van der Waals surface area contributed by atoms with E-state index in [2.05, 4.69) is 20.5 Å². The van der Waals surface area contributed by atoms with E-state index in [1.54, 1.807) is 12.3 Å². The second-order valence-electron chi connectivity index (χ2n) is 3.61. The van der Waals surface area contributed by atoms with Crippen LogP contribution < -0.4 is 0 Å². The first-order valence-electron chi connectivity index (χ1n) is 5.11. The quantitative estimate of drug-likeness (QED) is 0.752. The third kappa shape index (κ3) is 1.75. The second kappa shape index (κ2) is 4.02. The molecule has 90 valence electrons. The molecule has 0 aliphatic heterocycles. The minimum atomic E-state index is -0.698. The Hall–Kier alpha value is -2.57. The van der Waals surface area contributed by atoms with Crippen LogP contribution in [0.15, 0.2) is 36.7 Å². The minimum Gasteiger partial charge on any atom is -0.276 e. The fourth-order valence-electron chi connectivity index (χ4n) is 1.57. The second-order valence-corrected chi connectivity index (χ2v) is 3.61. The van der Waals surface area contributed by atoms with Gasteiger partial charge in [-0.2, -0.15) is 5.10 Å². The molecule has 3 aromatic rings. The summed E-state index contributed by atoms with van der Waals surface area (Å²) in [7, 11) is 0. The maximum absolute atomic E-state index is 13.5. The van der Waals surface area contributed by atoms with Crippen LogP contribution in [-0.4, -0.2) is 25.2 Å². The predicted molar refractivity (Wildman–Crippen MR) is 58.9 cm³/mol. The lowest BCUT2D eigenvalue weighted by molar-refractivity contribution is 0.572. The monoisotopic (exact) mass is 247 g/mol. The summed E-state index contributed by atoms with van der Waals surface area (Å²) < 4.78 is 27.6. The van der Waals surface area contributed by atoms with Gasteiger partial charge in [0.2, 0.25) is 0 Å². The van der Waals surface area contributed by atoms with E-state index in [0.29, 0.717) is 11.4 Å². The van der Waals surface area contributed by atoms with Crippen LogP contribution in [0.2, 0.25) is 0 Å². The molecule has 0 aliphatic carbocycles. The molecule has 0 unspecified atom stereocenters. The van der Waals surface area contributed by atoms with Crippen molar-refractivity contribution in [2.45, 2.75) is 0 Å². The molecule has 0 saturated heterocycles. The normalized spacial score (nSPS) is 10.8. The molecule has 0 amide bonds. The first-order valence-corrected chi connectivity index (χ1v) is 5.11. The van der Waals surface area contributed by atoms with Gasteiger partial charge in [0.05, 0.1) is 11.9 Å². The van der Waals surface area contributed by atoms with Gasteiger partial charge in [-0.05, 0) is 18.2 Å². The van der Waals surface area contributed by atoms with Crippen LogP contribution in [-0.2, 0) is 0 Å². The Kier molecular flexibility index (Phi) is 2.36. The number of hydrogen-bond donors (Lipinski definition) is 1. The van der Waals surface area contributed by atoms with Gasteiger partial charge in [-0.15, -0.1) is 5.10 Å². The van der Waals surface area contributed by atoms with E-state index >= 15 is 0 Å². The summed E-state index contributed by atoms with van der Waals surface area (Å²) in [6.07, 6.45) is 3.11. The zero-order valence-electron chi connectivity index (χ0n) is 9.01. The molecule has 1 N–H and O–H groups in total. The number of nitrogens with zero attached hydrogens (tertiary/aromatic N) is 4. The van der Waals surface area contributed by atoms with E-state index in [1.165, 1.54) is 16.9 Å². The van der Waals surface area contributed by atoms with E-state index in [0.717, 1.165) is 12.1 Å². The summed E-state index contributed by atoms with van der Waals surface area (Å²) >= 11 is 0. The Morgan fingerprint density at radius 2 is 2.06 bits per heavy atom. The van der Waals surface area contributed by atoms with E-state index < -0.39 is 11.6 Å². The molecule has 1 aromatic carbocycles. The largest absolute Gasteiger partial charge is 0.276 e. The number of aromatic nitrogens is 5. The van der Waals surface area contributed by atoms with Crippen molar-refractivity contribution in [1.29, 1.82) is 0 Å². The first-order chi connectivity index (χ1) is 8.74. The Labute approximate surface area is 100 Å². The number of halogens is 2. The Bertz CT molecular complexity index is 675. The Morgan fingerprint density at radius 3 is 2.78 bits per heavy atom. The van der Waals surface area contributed by atoms with Crippen molar-refractivity contribution in [3.05, 3.63) is 48.3 Å². The van der Waals surface area contributed by atoms with Crippen LogP contribution in [0, 0.1) is 11.6 Å². The van der Waals surface area contributed by atoms with Gasteiger partial charge in [-0.25, -0.2) is 13.5 Å². The van der Waals surface area contributed by atoms with E-state index in [1.807, 2.05) is 0 Å². The standard InChI is InChI=1S/C11H7F2N5/c12-7-1-2-11(8(13)5-7)18-6-10(16-17-18)9-3-4-14-15-9/h1-6H,(H,14,15). The molecular formula is C11H7F2N5. The van der Waals surface area contributed by atoms with Crippen LogP contribution in [0.3, 0.4) is 0 Å². The number of nitrogens with one attached hydrogen (secondary N) is 1. The number of aromatic amines is 1. The van der Waals surface area contributed by atoms with Gasteiger partial charge in [0.25, 0.3) is 0 Å². The summed E-state index contributed by atoms with van der Waals surface area (Å²) in [4.78, 5) is 0. The van der Waals surface area contributed by atoms with Gasteiger partial charge in [0.15, 0.2) is 5.82 Å². The summed E-state index contributed by atoms with van der Waals surface area (Å²) in [5.41, 5.74) is 1.33. The summed E-state index contributed by atoms with van der Waals surface area (Å²) in [6.45, 7) is 0. The summed E-state index contributed by atoms with van der Waals surface area (Å²) in [6, 6.07) is 4.98. The van der Waals surface area contributed by atoms with Crippen molar-refractivity contribution in [3.8, 4) is 17.1 Å². The molecule has 0 fully saturated rings. The van der Waals surface area contributed by atoms with Crippen LogP contribution in [0.1, 0.15) is 0 Å². The van der Waals surface area contributed by atoms with Gasteiger partial charge in [-0.1, -0.05) is 5.21 Å². The van der Waals surface area contributed by atoms with Crippen molar-refractivity contribution in [2.24, 2.45) is 0 Å². The van der Waals surface area contributed by atoms with Crippen molar-refractivity contribution >= 4 is 0 Å². The zero-order valence-corrected chi connectivity index (χ0v) is 9.01. The van der Waals surface area contributed by atoms with Gasteiger partial charge in [0.1, 0.15) is 17.2 Å². The molecule has 0 radical (unpaired) electrons. The number of hydrogen-bond acceptors (Lipinski definition) is 3. The number of rotatable bonds is 2. The maximum Gasteiger partial charge on any atom is 0.151 e. The lowest BCUT2D eigenvalue weighted by Crippen LogP contribution is -1.98. The molecule has 0 saturated carbocycles. The highest BCUT2D eigenvalue weighted by Gasteiger charge is 2.10. The molecule has 3 rings (SSSR count). The van der Waals surface area contributed by atoms with Gasteiger partial charge in [0, 0.05) is 12.3 Å². The molecule has 0 bridgehead atoms. The average Bonchev–Trinajstić information content (AvgIpc) is 2.99. The lowest BCUT2D eigenvalue weighted by Gasteiger charge is -2.00. The minimum absolute atomic E-state index is 0.134. The molecule has 2 heterocycles. The molecule has 5 nitrogen and oxygen atoms in total. The van der Waals surface area contributed by atoms with E-state index in [9.17, 15) is 8.78 Å². The maximum atomic E-state index is 13.5. The summed E-state index contributed by atoms with van der Waals surface area (Å²) in [5, 5.41) is 14.2.